The Balaban J connectivity index is 2.07. The first kappa shape index (κ1) is 20.5. The molecule has 0 spiro atoms. The molecule has 0 bridgehead atoms. The SMILES string of the molecule is CC(C)CN(CC(C)C)c1ncnc(Nc2cccc3ccccc23)c1[N+](=O)[O-]. The highest BCUT2D eigenvalue weighted by Gasteiger charge is 2.28. The van der Waals surface area contributed by atoms with Crippen LogP contribution >= 0.6 is 0 Å². The fourth-order valence-electron chi connectivity index (χ4n) is 3.45. The zero-order valence-electron chi connectivity index (χ0n) is 17.3. The van der Waals surface area contributed by atoms with Crippen LogP contribution in [0, 0.1) is 22.0 Å². The summed E-state index contributed by atoms with van der Waals surface area (Å²) < 4.78 is 0. The monoisotopic (exact) mass is 393 g/mol. The van der Waals surface area contributed by atoms with Crippen LogP contribution < -0.4 is 10.2 Å². The Kier molecular flexibility index (Phi) is 6.26. The first-order chi connectivity index (χ1) is 13.9. The average molecular weight is 393 g/mol. The Morgan fingerprint density at radius 1 is 1.00 bits per heavy atom. The van der Waals surface area contributed by atoms with Crippen LogP contribution in [-0.4, -0.2) is 28.0 Å². The second-order valence-corrected chi connectivity index (χ2v) is 8.00. The lowest BCUT2D eigenvalue weighted by Gasteiger charge is -2.27. The topological polar surface area (TPSA) is 84.2 Å². The second-order valence-electron chi connectivity index (χ2n) is 8.00. The van der Waals surface area contributed by atoms with Crippen LogP contribution in [0.3, 0.4) is 0 Å². The summed E-state index contributed by atoms with van der Waals surface area (Å²) in [6, 6.07) is 13.7. The molecule has 0 radical (unpaired) electrons. The van der Waals surface area contributed by atoms with Gasteiger partial charge < -0.3 is 10.2 Å². The van der Waals surface area contributed by atoms with Crippen molar-refractivity contribution in [2.45, 2.75) is 27.7 Å². The van der Waals surface area contributed by atoms with E-state index >= 15 is 0 Å². The Morgan fingerprint density at radius 2 is 1.66 bits per heavy atom. The third-order valence-corrected chi connectivity index (χ3v) is 4.50. The van der Waals surface area contributed by atoms with E-state index in [-0.39, 0.29) is 11.5 Å². The predicted molar refractivity (Wildman–Crippen MR) is 118 cm³/mol. The Bertz CT molecular complexity index is 988. The van der Waals surface area contributed by atoms with Crippen LogP contribution in [0.5, 0.6) is 0 Å². The lowest BCUT2D eigenvalue weighted by atomic mass is 10.1. The van der Waals surface area contributed by atoms with Crippen LogP contribution in [0.4, 0.5) is 23.0 Å². The molecule has 29 heavy (non-hydrogen) atoms. The molecule has 2 aromatic carbocycles. The summed E-state index contributed by atoms with van der Waals surface area (Å²) in [5.74, 6) is 1.25. The van der Waals surface area contributed by atoms with E-state index in [1.54, 1.807) is 0 Å². The number of hydrogen-bond acceptors (Lipinski definition) is 6. The van der Waals surface area contributed by atoms with Gasteiger partial charge in [-0.3, -0.25) is 10.1 Å². The van der Waals surface area contributed by atoms with Gasteiger partial charge in [0.15, 0.2) is 0 Å². The second kappa shape index (κ2) is 8.86. The summed E-state index contributed by atoms with van der Waals surface area (Å²) in [5.41, 5.74) is 0.678. The maximum Gasteiger partial charge on any atom is 0.353 e. The minimum absolute atomic E-state index is 0.0956. The fourth-order valence-corrected chi connectivity index (χ4v) is 3.45. The predicted octanol–water partition coefficient (Wildman–Crippen LogP) is 5.40. The van der Waals surface area contributed by atoms with E-state index in [1.165, 1.54) is 6.33 Å². The molecule has 3 rings (SSSR count). The molecule has 1 N–H and O–H groups in total. The van der Waals surface area contributed by atoms with E-state index in [0.29, 0.717) is 30.7 Å². The highest BCUT2D eigenvalue weighted by atomic mass is 16.6. The van der Waals surface area contributed by atoms with Gasteiger partial charge in [-0.05, 0) is 23.3 Å². The van der Waals surface area contributed by atoms with Gasteiger partial charge in [-0.1, -0.05) is 64.1 Å². The highest BCUT2D eigenvalue weighted by molar-refractivity contribution is 5.96. The summed E-state index contributed by atoms with van der Waals surface area (Å²) in [4.78, 5) is 22.1. The smallest absolute Gasteiger partial charge is 0.350 e. The molecule has 152 valence electrons. The maximum atomic E-state index is 12.0. The molecule has 0 unspecified atom stereocenters. The molecule has 0 amide bonds. The molecular formula is C22H27N5O2. The van der Waals surface area contributed by atoms with Gasteiger partial charge in [-0.25, -0.2) is 9.97 Å². The molecule has 0 aliphatic carbocycles. The standard InChI is InChI=1S/C22H27N5O2/c1-15(2)12-26(13-16(3)4)22-20(27(28)29)21(23-14-24-22)25-19-11-7-9-17-8-5-6-10-18(17)19/h5-11,14-16H,12-13H2,1-4H3,(H,23,24,25). The number of fused-ring (bicyclic) bond motifs is 1. The minimum atomic E-state index is -0.392. The molecule has 0 atom stereocenters. The molecular weight excluding hydrogens is 366 g/mol. The van der Waals surface area contributed by atoms with Gasteiger partial charge in [0.25, 0.3) is 0 Å². The number of nitrogens with one attached hydrogen (secondary N) is 1. The zero-order chi connectivity index (χ0) is 21.0. The van der Waals surface area contributed by atoms with Gasteiger partial charge in [0, 0.05) is 24.2 Å². The molecule has 0 aliphatic heterocycles. The van der Waals surface area contributed by atoms with Crippen molar-refractivity contribution in [3.63, 3.8) is 0 Å². The first-order valence-corrected chi connectivity index (χ1v) is 9.86. The number of nitro groups is 1. The highest BCUT2D eigenvalue weighted by Crippen LogP contribution is 2.35. The number of rotatable bonds is 8. The molecule has 0 aliphatic rings. The van der Waals surface area contributed by atoms with Gasteiger partial charge in [-0.15, -0.1) is 0 Å². The number of hydrogen-bond donors (Lipinski definition) is 1. The van der Waals surface area contributed by atoms with Gasteiger partial charge in [-0.2, -0.15) is 0 Å². The van der Waals surface area contributed by atoms with E-state index in [1.807, 2.05) is 47.4 Å². The largest absolute Gasteiger partial charge is 0.353 e. The summed E-state index contributed by atoms with van der Waals surface area (Å²) in [6.45, 7) is 9.74. The normalized spacial score (nSPS) is 11.2. The average Bonchev–Trinajstić information content (AvgIpc) is 2.66. The molecule has 7 heteroatoms. The molecule has 1 aromatic heterocycles. The number of anilines is 3. The lowest BCUT2D eigenvalue weighted by molar-refractivity contribution is -0.383. The molecule has 0 fully saturated rings. The van der Waals surface area contributed by atoms with Gasteiger partial charge >= 0.3 is 5.69 Å². The number of benzene rings is 2. The van der Waals surface area contributed by atoms with Crippen molar-refractivity contribution >= 4 is 33.8 Å². The van der Waals surface area contributed by atoms with Gasteiger partial charge in [0.2, 0.25) is 11.6 Å². The van der Waals surface area contributed by atoms with E-state index < -0.39 is 4.92 Å². The van der Waals surface area contributed by atoms with Crippen molar-refractivity contribution in [2.24, 2.45) is 11.8 Å². The van der Waals surface area contributed by atoms with Gasteiger partial charge in [0.1, 0.15) is 6.33 Å². The zero-order valence-corrected chi connectivity index (χ0v) is 17.3. The summed E-state index contributed by atoms with van der Waals surface area (Å²) in [7, 11) is 0. The molecule has 7 nitrogen and oxygen atoms in total. The number of aromatic nitrogens is 2. The third-order valence-electron chi connectivity index (χ3n) is 4.50. The van der Waals surface area contributed by atoms with Crippen molar-refractivity contribution in [3.05, 3.63) is 58.9 Å². The Labute approximate surface area is 170 Å². The Morgan fingerprint density at radius 3 is 2.31 bits per heavy atom. The van der Waals surface area contributed by atoms with Crippen LogP contribution in [0.15, 0.2) is 48.8 Å². The van der Waals surface area contributed by atoms with Gasteiger partial charge in [0.05, 0.1) is 4.92 Å². The van der Waals surface area contributed by atoms with Crippen LogP contribution in [0.2, 0.25) is 0 Å². The summed E-state index contributed by atoms with van der Waals surface area (Å²) >= 11 is 0. The van der Waals surface area contributed by atoms with Crippen molar-refractivity contribution in [3.8, 4) is 0 Å². The van der Waals surface area contributed by atoms with E-state index in [4.69, 9.17) is 0 Å². The summed E-state index contributed by atoms with van der Waals surface area (Å²) in [6.07, 6.45) is 1.39. The fraction of sp³-hybridized carbons (Fsp3) is 0.364. The number of nitrogens with zero attached hydrogens (tertiary/aromatic N) is 4. The van der Waals surface area contributed by atoms with Crippen LogP contribution in [0.25, 0.3) is 10.8 Å². The minimum Gasteiger partial charge on any atom is -0.350 e. The third kappa shape index (κ3) is 4.80. The lowest BCUT2D eigenvalue weighted by Crippen LogP contribution is -2.32. The molecule has 3 aromatic rings. The summed E-state index contributed by atoms with van der Waals surface area (Å²) in [5, 5.41) is 17.2. The molecule has 0 saturated heterocycles. The van der Waals surface area contributed by atoms with E-state index in [2.05, 4.69) is 43.0 Å². The maximum absolute atomic E-state index is 12.0. The molecule has 0 saturated carbocycles. The Hall–Kier alpha value is -3.22. The first-order valence-electron chi connectivity index (χ1n) is 9.86. The van der Waals surface area contributed by atoms with Crippen molar-refractivity contribution in [2.75, 3.05) is 23.3 Å². The van der Waals surface area contributed by atoms with Crippen molar-refractivity contribution in [1.29, 1.82) is 0 Å². The van der Waals surface area contributed by atoms with E-state index in [9.17, 15) is 10.1 Å². The van der Waals surface area contributed by atoms with Crippen LogP contribution in [-0.2, 0) is 0 Å². The van der Waals surface area contributed by atoms with Crippen molar-refractivity contribution in [1.82, 2.24) is 9.97 Å². The quantitative estimate of drug-likeness (QED) is 0.407. The van der Waals surface area contributed by atoms with Crippen LogP contribution in [0.1, 0.15) is 27.7 Å². The molecule has 1 heterocycles. The van der Waals surface area contributed by atoms with E-state index in [0.717, 1.165) is 16.5 Å². The van der Waals surface area contributed by atoms with Crippen molar-refractivity contribution < 1.29 is 4.92 Å².